The van der Waals surface area contributed by atoms with Crippen molar-refractivity contribution in [3.63, 3.8) is 0 Å². The van der Waals surface area contributed by atoms with Crippen LogP contribution in [0.3, 0.4) is 0 Å². The number of primary amides is 1. The molecule has 0 aromatic heterocycles. The predicted molar refractivity (Wildman–Crippen MR) is 233 cm³/mol. The van der Waals surface area contributed by atoms with E-state index < -0.39 is 96.5 Å². The Balaban J connectivity index is 1.66. The fourth-order valence-electron chi connectivity index (χ4n) is 7.10. The normalized spacial score (nSPS) is 15.2. The average molecular weight is 875 g/mol. The lowest BCUT2D eigenvalue weighted by molar-refractivity contribution is -0.141. The minimum atomic E-state index is -1.25. The summed E-state index contributed by atoms with van der Waals surface area (Å²) in [5.41, 5.74) is 6.92. The van der Waals surface area contributed by atoms with E-state index in [1.807, 2.05) is 13.8 Å². The number of hydrogen-bond donors (Lipinski definition) is 9. The first kappa shape index (κ1) is 50.8. The van der Waals surface area contributed by atoms with E-state index in [1.54, 1.807) is 74.5 Å². The zero-order valence-corrected chi connectivity index (χ0v) is 36.3. The molecule has 1 saturated carbocycles. The van der Waals surface area contributed by atoms with Crippen LogP contribution in [0.1, 0.15) is 77.3 Å². The predicted octanol–water partition coefficient (Wildman–Crippen LogP) is 0.537. The second kappa shape index (κ2) is 26.0. The third-order valence-corrected chi connectivity index (χ3v) is 10.4. The highest BCUT2D eigenvalue weighted by molar-refractivity contribution is 6.00. The summed E-state index contributed by atoms with van der Waals surface area (Å²) in [6.07, 6.45) is 5.90. The van der Waals surface area contributed by atoms with Crippen molar-refractivity contribution in [1.82, 2.24) is 37.2 Å². The second-order valence-corrected chi connectivity index (χ2v) is 16.4. The maximum atomic E-state index is 14.1. The van der Waals surface area contributed by atoms with Crippen LogP contribution >= 0.6 is 0 Å². The highest BCUT2D eigenvalue weighted by Gasteiger charge is 2.36. The number of amides is 8. The van der Waals surface area contributed by atoms with E-state index in [9.17, 15) is 48.3 Å². The van der Waals surface area contributed by atoms with Gasteiger partial charge in [-0.2, -0.15) is 0 Å². The molecular formula is C45H62N8O10. The molecule has 342 valence electrons. The Morgan fingerprint density at radius 1 is 0.619 bits per heavy atom. The number of carbonyl (C=O) groups is 9. The van der Waals surface area contributed by atoms with Crippen molar-refractivity contribution < 1.29 is 48.3 Å². The molecule has 10 N–H and O–H groups in total. The highest BCUT2D eigenvalue weighted by atomic mass is 16.4. The summed E-state index contributed by atoms with van der Waals surface area (Å²) in [6.45, 7) is 6.11. The third kappa shape index (κ3) is 18.5. The number of benzene rings is 2. The van der Waals surface area contributed by atoms with Crippen LogP contribution in [0.5, 0.6) is 0 Å². The number of nitrogens with two attached hydrogens (primary N) is 1. The van der Waals surface area contributed by atoms with Gasteiger partial charge in [0.1, 0.15) is 30.2 Å². The van der Waals surface area contributed by atoms with Gasteiger partial charge in [-0.15, -0.1) is 0 Å². The molecule has 5 unspecified atom stereocenters. The number of hydrogen-bond acceptors (Lipinski definition) is 9. The zero-order chi connectivity index (χ0) is 46.5. The molecule has 1 fully saturated rings. The summed E-state index contributed by atoms with van der Waals surface area (Å²) < 4.78 is 0. The summed E-state index contributed by atoms with van der Waals surface area (Å²) >= 11 is 0. The highest BCUT2D eigenvalue weighted by Crippen LogP contribution is 2.27. The van der Waals surface area contributed by atoms with Gasteiger partial charge in [-0.25, -0.2) is 4.79 Å². The van der Waals surface area contributed by atoms with E-state index >= 15 is 0 Å². The van der Waals surface area contributed by atoms with E-state index in [0.717, 1.165) is 31.4 Å². The SMILES string of the molecule is CC(C)CC(NC(=O)C(NC(=O)C(Cc1ccccc1)NC(=O)C=CC(=O)NCC(=O)NCC(=O)NC(Cc1ccccc1)C(=O)O)C1CCCCC1)C(=O)NC(C(N)=O)C(C)C. The van der Waals surface area contributed by atoms with Gasteiger partial charge in [0, 0.05) is 25.0 Å². The van der Waals surface area contributed by atoms with Crippen LogP contribution in [-0.2, 0) is 56.0 Å². The van der Waals surface area contributed by atoms with E-state index in [-0.39, 0.29) is 37.0 Å². The molecule has 0 aliphatic heterocycles. The fourth-order valence-corrected chi connectivity index (χ4v) is 7.10. The molecule has 1 aliphatic carbocycles. The summed E-state index contributed by atoms with van der Waals surface area (Å²) in [7, 11) is 0. The van der Waals surface area contributed by atoms with Gasteiger partial charge in [-0.1, -0.05) is 108 Å². The van der Waals surface area contributed by atoms with Crippen molar-refractivity contribution in [3.05, 3.63) is 83.9 Å². The molecule has 0 heterocycles. The summed E-state index contributed by atoms with van der Waals surface area (Å²) in [6, 6.07) is 12.0. The number of aliphatic carboxylic acids is 1. The lowest BCUT2D eigenvalue weighted by Gasteiger charge is -2.33. The van der Waals surface area contributed by atoms with Gasteiger partial charge in [-0.05, 0) is 48.1 Å². The van der Waals surface area contributed by atoms with Crippen LogP contribution in [0, 0.1) is 17.8 Å². The largest absolute Gasteiger partial charge is 0.480 e. The van der Waals surface area contributed by atoms with Gasteiger partial charge >= 0.3 is 5.97 Å². The Bertz CT molecular complexity index is 1920. The van der Waals surface area contributed by atoms with Crippen LogP contribution < -0.4 is 43.0 Å². The van der Waals surface area contributed by atoms with Crippen LogP contribution in [0.25, 0.3) is 0 Å². The molecule has 0 spiro atoms. The van der Waals surface area contributed by atoms with Crippen molar-refractivity contribution in [2.75, 3.05) is 13.1 Å². The molecular weight excluding hydrogens is 813 g/mol. The summed E-state index contributed by atoms with van der Waals surface area (Å²) in [5, 5.41) is 27.4. The molecule has 0 radical (unpaired) electrons. The van der Waals surface area contributed by atoms with E-state index in [2.05, 4.69) is 37.2 Å². The third-order valence-electron chi connectivity index (χ3n) is 10.4. The van der Waals surface area contributed by atoms with Crippen LogP contribution in [-0.4, -0.2) is 102 Å². The first-order valence-electron chi connectivity index (χ1n) is 21.3. The molecule has 63 heavy (non-hydrogen) atoms. The zero-order valence-electron chi connectivity index (χ0n) is 36.3. The lowest BCUT2D eigenvalue weighted by Crippen LogP contribution is -2.60. The Morgan fingerprint density at radius 2 is 1.16 bits per heavy atom. The van der Waals surface area contributed by atoms with Crippen LogP contribution in [0.15, 0.2) is 72.8 Å². The Kier molecular flexibility index (Phi) is 21.0. The smallest absolute Gasteiger partial charge is 0.326 e. The molecule has 18 nitrogen and oxygen atoms in total. The lowest BCUT2D eigenvalue weighted by atomic mass is 9.83. The molecule has 0 bridgehead atoms. The average Bonchev–Trinajstić information content (AvgIpc) is 3.24. The van der Waals surface area contributed by atoms with E-state index in [4.69, 9.17) is 5.73 Å². The molecule has 2 aromatic carbocycles. The number of nitrogens with one attached hydrogen (secondary N) is 7. The van der Waals surface area contributed by atoms with Crippen molar-refractivity contribution in [1.29, 1.82) is 0 Å². The number of carboxylic acids is 1. The monoisotopic (exact) mass is 874 g/mol. The van der Waals surface area contributed by atoms with Gasteiger partial charge in [-0.3, -0.25) is 38.4 Å². The standard InChI is InChI=1S/C45H62N8O10/c1-27(2)22-32(42(59)52-39(28(3)4)41(46)58)51-44(61)40(31-18-12-7-13-19-31)53-43(60)33(23-29-14-8-5-9-15-29)49-36(55)21-20-35(54)47-25-37(56)48-26-38(57)50-34(45(62)63)24-30-16-10-6-11-17-30/h5-6,8-11,14-17,20-21,27-28,31-34,39-40H,7,12-13,18-19,22-26H2,1-4H3,(H2,46,58)(H,47,54)(H,48,56)(H,49,55)(H,50,57)(H,51,61)(H,52,59)(H,53,60)(H,62,63). The van der Waals surface area contributed by atoms with E-state index in [0.29, 0.717) is 24.0 Å². The quantitative estimate of drug-likeness (QED) is 0.0660. The van der Waals surface area contributed by atoms with Gasteiger partial charge < -0.3 is 48.1 Å². The van der Waals surface area contributed by atoms with Crippen molar-refractivity contribution in [2.24, 2.45) is 23.5 Å². The van der Waals surface area contributed by atoms with Crippen molar-refractivity contribution in [2.45, 2.75) is 109 Å². The van der Waals surface area contributed by atoms with Gasteiger partial charge in [0.15, 0.2) is 0 Å². The topological polar surface area (TPSA) is 284 Å². The number of carboxylic acid groups (broad SMARTS) is 1. The molecule has 3 rings (SSSR count). The van der Waals surface area contributed by atoms with Crippen molar-refractivity contribution >= 4 is 53.2 Å². The Morgan fingerprint density at radius 3 is 1.70 bits per heavy atom. The first-order valence-corrected chi connectivity index (χ1v) is 21.3. The van der Waals surface area contributed by atoms with Gasteiger partial charge in [0.2, 0.25) is 47.3 Å². The minimum absolute atomic E-state index is 0.0206. The van der Waals surface area contributed by atoms with Crippen LogP contribution in [0.4, 0.5) is 0 Å². The molecule has 2 aromatic rings. The number of carbonyl (C=O) groups excluding carboxylic acids is 8. The first-order chi connectivity index (χ1) is 29.9. The molecule has 18 heteroatoms. The minimum Gasteiger partial charge on any atom is -0.480 e. The van der Waals surface area contributed by atoms with Gasteiger partial charge in [0.25, 0.3) is 0 Å². The second-order valence-electron chi connectivity index (χ2n) is 16.4. The summed E-state index contributed by atoms with van der Waals surface area (Å²) in [5.74, 6) is -7.60. The Labute approximate surface area is 367 Å². The number of rotatable bonds is 24. The molecule has 8 amide bonds. The molecule has 1 aliphatic rings. The Hall–Kier alpha value is -6.59. The molecule has 0 saturated heterocycles. The van der Waals surface area contributed by atoms with Gasteiger partial charge in [0.05, 0.1) is 13.1 Å². The maximum absolute atomic E-state index is 14.1. The molecule has 5 atom stereocenters. The maximum Gasteiger partial charge on any atom is 0.326 e. The van der Waals surface area contributed by atoms with Crippen LogP contribution in [0.2, 0.25) is 0 Å². The summed E-state index contributed by atoms with van der Waals surface area (Å²) in [4.78, 5) is 116. The van der Waals surface area contributed by atoms with Crippen molar-refractivity contribution in [3.8, 4) is 0 Å². The fraction of sp³-hybridized carbons (Fsp3) is 0.489. The van der Waals surface area contributed by atoms with E-state index in [1.165, 1.54) is 0 Å².